The van der Waals surface area contributed by atoms with Gasteiger partial charge >= 0.3 is 0 Å². The van der Waals surface area contributed by atoms with E-state index in [1.54, 1.807) is 0 Å². The molecule has 0 radical (unpaired) electrons. The average Bonchev–Trinajstić information content (AvgIpc) is 2.38. The number of nitrogens with zero attached hydrogens (tertiary/aromatic N) is 1. The predicted octanol–water partition coefficient (Wildman–Crippen LogP) is 1.22. The normalized spacial score (nSPS) is 18.9. The Labute approximate surface area is 111 Å². The Balaban J connectivity index is 2.25. The summed E-state index contributed by atoms with van der Waals surface area (Å²) in [6, 6.07) is 0. The van der Waals surface area contributed by atoms with E-state index in [-0.39, 0.29) is 11.3 Å². The van der Waals surface area contributed by atoms with Crippen molar-refractivity contribution < 1.29 is 4.79 Å². The van der Waals surface area contributed by atoms with Crippen molar-refractivity contribution in [1.82, 2.24) is 15.5 Å². The number of unbranched alkanes of at least 4 members (excludes halogenated alkanes) is 1. The third kappa shape index (κ3) is 4.58. The fourth-order valence-corrected chi connectivity index (χ4v) is 2.59. The zero-order valence-corrected chi connectivity index (χ0v) is 12.2. The van der Waals surface area contributed by atoms with E-state index in [2.05, 4.69) is 36.6 Å². The number of nitrogens with one attached hydrogen (secondary N) is 2. The highest BCUT2D eigenvalue weighted by atomic mass is 16.2. The SMILES string of the molecule is CCC1(C(=O)NCCCCN(C)C)CCNCC1. The lowest BCUT2D eigenvalue weighted by molar-refractivity contribution is -0.132. The Bertz CT molecular complexity index is 247. The molecule has 0 bridgehead atoms. The van der Waals surface area contributed by atoms with Crippen LogP contribution in [-0.4, -0.2) is 51.1 Å². The number of carbonyl (C=O) groups excluding carboxylic acids is 1. The summed E-state index contributed by atoms with van der Waals surface area (Å²) in [6.45, 7) is 6.00. The second-order valence-corrected chi connectivity index (χ2v) is 5.65. The Morgan fingerprint density at radius 3 is 2.50 bits per heavy atom. The molecule has 1 fully saturated rings. The lowest BCUT2D eigenvalue weighted by Gasteiger charge is -2.35. The van der Waals surface area contributed by atoms with Gasteiger partial charge in [0.1, 0.15) is 0 Å². The molecule has 106 valence electrons. The zero-order valence-electron chi connectivity index (χ0n) is 12.2. The summed E-state index contributed by atoms with van der Waals surface area (Å²) in [7, 11) is 4.17. The largest absolute Gasteiger partial charge is 0.356 e. The van der Waals surface area contributed by atoms with E-state index in [0.29, 0.717) is 0 Å². The van der Waals surface area contributed by atoms with Crippen molar-refractivity contribution in [3.8, 4) is 0 Å². The Kier molecular flexibility index (Phi) is 6.65. The number of piperidine rings is 1. The Hall–Kier alpha value is -0.610. The second-order valence-electron chi connectivity index (χ2n) is 5.65. The minimum Gasteiger partial charge on any atom is -0.356 e. The first-order valence-corrected chi connectivity index (χ1v) is 7.24. The molecule has 1 rings (SSSR count). The topological polar surface area (TPSA) is 44.4 Å². The van der Waals surface area contributed by atoms with Gasteiger partial charge in [-0.1, -0.05) is 6.92 Å². The Morgan fingerprint density at radius 2 is 1.94 bits per heavy atom. The second kappa shape index (κ2) is 7.74. The van der Waals surface area contributed by atoms with Gasteiger partial charge in [0.15, 0.2) is 0 Å². The van der Waals surface area contributed by atoms with Crippen LogP contribution < -0.4 is 10.6 Å². The molecular weight excluding hydrogens is 226 g/mol. The number of carbonyl (C=O) groups is 1. The first-order valence-electron chi connectivity index (χ1n) is 7.24. The quantitative estimate of drug-likeness (QED) is 0.672. The van der Waals surface area contributed by atoms with Gasteiger partial charge in [-0.3, -0.25) is 4.79 Å². The summed E-state index contributed by atoms with van der Waals surface area (Å²) in [5.41, 5.74) is -0.104. The van der Waals surface area contributed by atoms with E-state index in [0.717, 1.165) is 58.3 Å². The average molecular weight is 255 g/mol. The lowest BCUT2D eigenvalue weighted by atomic mass is 9.76. The minimum absolute atomic E-state index is 0.104. The maximum Gasteiger partial charge on any atom is 0.226 e. The van der Waals surface area contributed by atoms with Gasteiger partial charge in [0, 0.05) is 6.54 Å². The molecule has 0 atom stereocenters. The van der Waals surface area contributed by atoms with Crippen molar-refractivity contribution in [3.05, 3.63) is 0 Å². The van der Waals surface area contributed by atoms with E-state index in [1.807, 2.05) is 0 Å². The molecule has 0 unspecified atom stereocenters. The van der Waals surface area contributed by atoms with E-state index >= 15 is 0 Å². The van der Waals surface area contributed by atoms with Crippen LogP contribution in [0.2, 0.25) is 0 Å². The summed E-state index contributed by atoms with van der Waals surface area (Å²) in [5, 5.41) is 6.46. The fourth-order valence-electron chi connectivity index (χ4n) is 2.59. The molecule has 0 aromatic carbocycles. The van der Waals surface area contributed by atoms with E-state index in [9.17, 15) is 4.79 Å². The molecule has 0 aromatic heterocycles. The molecule has 1 saturated heterocycles. The molecule has 0 aromatic rings. The summed E-state index contributed by atoms with van der Waals surface area (Å²) in [5.74, 6) is 0.274. The van der Waals surface area contributed by atoms with Crippen LogP contribution in [0, 0.1) is 5.41 Å². The summed E-state index contributed by atoms with van der Waals surface area (Å²) in [4.78, 5) is 14.5. The molecule has 4 heteroatoms. The molecule has 18 heavy (non-hydrogen) atoms. The molecule has 4 nitrogen and oxygen atoms in total. The maximum absolute atomic E-state index is 12.3. The van der Waals surface area contributed by atoms with E-state index in [4.69, 9.17) is 0 Å². The predicted molar refractivity (Wildman–Crippen MR) is 75.6 cm³/mol. The summed E-state index contributed by atoms with van der Waals surface area (Å²) < 4.78 is 0. The van der Waals surface area contributed by atoms with Gasteiger partial charge in [-0.15, -0.1) is 0 Å². The number of hydrogen-bond acceptors (Lipinski definition) is 3. The van der Waals surface area contributed by atoms with Crippen molar-refractivity contribution >= 4 is 5.91 Å². The summed E-state index contributed by atoms with van der Waals surface area (Å²) >= 11 is 0. The molecule has 1 amide bonds. The van der Waals surface area contributed by atoms with Crippen molar-refractivity contribution in [2.75, 3.05) is 40.3 Å². The van der Waals surface area contributed by atoms with Gasteiger partial charge in [0.25, 0.3) is 0 Å². The van der Waals surface area contributed by atoms with Crippen molar-refractivity contribution in [3.63, 3.8) is 0 Å². The van der Waals surface area contributed by atoms with Crippen LogP contribution in [0.5, 0.6) is 0 Å². The molecule has 1 aliphatic rings. The highest BCUT2D eigenvalue weighted by Crippen LogP contribution is 2.32. The molecular formula is C14H29N3O. The standard InChI is InChI=1S/C14H29N3O/c1-4-14(7-10-15-11-8-14)13(18)16-9-5-6-12-17(2)3/h15H,4-12H2,1-3H3,(H,16,18). The number of amides is 1. The smallest absolute Gasteiger partial charge is 0.226 e. The maximum atomic E-state index is 12.3. The van der Waals surface area contributed by atoms with E-state index < -0.39 is 0 Å². The van der Waals surface area contributed by atoms with Gasteiger partial charge in [0.2, 0.25) is 5.91 Å². The van der Waals surface area contributed by atoms with Crippen molar-refractivity contribution in [2.45, 2.75) is 39.0 Å². The van der Waals surface area contributed by atoms with Crippen molar-refractivity contribution in [2.24, 2.45) is 5.41 Å². The van der Waals surface area contributed by atoms with Crippen LogP contribution in [-0.2, 0) is 4.79 Å². The molecule has 1 aliphatic heterocycles. The first-order chi connectivity index (χ1) is 8.60. The third-order valence-electron chi connectivity index (χ3n) is 4.04. The van der Waals surface area contributed by atoms with Crippen molar-refractivity contribution in [1.29, 1.82) is 0 Å². The zero-order chi connectivity index (χ0) is 13.4. The monoisotopic (exact) mass is 255 g/mol. The van der Waals surface area contributed by atoms with Gasteiger partial charge < -0.3 is 15.5 Å². The third-order valence-corrected chi connectivity index (χ3v) is 4.04. The molecule has 0 aliphatic carbocycles. The van der Waals surface area contributed by atoms with Crippen LogP contribution in [0.4, 0.5) is 0 Å². The van der Waals surface area contributed by atoms with Crippen LogP contribution in [0.1, 0.15) is 39.0 Å². The minimum atomic E-state index is -0.104. The van der Waals surface area contributed by atoms with E-state index in [1.165, 1.54) is 0 Å². The van der Waals surface area contributed by atoms with Crippen LogP contribution in [0.25, 0.3) is 0 Å². The van der Waals surface area contributed by atoms with Crippen LogP contribution in [0.3, 0.4) is 0 Å². The van der Waals surface area contributed by atoms with Gasteiger partial charge in [-0.2, -0.15) is 0 Å². The lowest BCUT2D eigenvalue weighted by Crippen LogP contribution is -2.47. The fraction of sp³-hybridized carbons (Fsp3) is 0.929. The molecule has 0 saturated carbocycles. The van der Waals surface area contributed by atoms with Gasteiger partial charge in [-0.25, -0.2) is 0 Å². The number of hydrogen-bond donors (Lipinski definition) is 2. The van der Waals surface area contributed by atoms with Crippen LogP contribution in [0.15, 0.2) is 0 Å². The first kappa shape index (κ1) is 15.4. The highest BCUT2D eigenvalue weighted by molar-refractivity contribution is 5.82. The van der Waals surface area contributed by atoms with Gasteiger partial charge in [0.05, 0.1) is 5.41 Å². The van der Waals surface area contributed by atoms with Gasteiger partial charge in [-0.05, 0) is 65.8 Å². The molecule has 2 N–H and O–H groups in total. The Morgan fingerprint density at radius 1 is 1.28 bits per heavy atom. The summed E-state index contributed by atoms with van der Waals surface area (Å²) in [6.07, 6.45) is 5.13. The number of rotatable bonds is 7. The highest BCUT2D eigenvalue weighted by Gasteiger charge is 2.37. The molecule has 0 spiro atoms. The van der Waals surface area contributed by atoms with Crippen LogP contribution >= 0.6 is 0 Å². The molecule has 1 heterocycles.